The second kappa shape index (κ2) is 7.45. The molecule has 0 amide bonds. The molecular weight excluding hydrogens is 304 g/mol. The third kappa shape index (κ3) is 4.35. The molecule has 18 heavy (non-hydrogen) atoms. The first-order valence-electron chi connectivity index (χ1n) is 5.24. The molecule has 7 heteroatoms. The first-order valence-corrected chi connectivity index (χ1v) is 6.03. The third-order valence-electron chi connectivity index (χ3n) is 2.23. The number of aliphatic hydroxyl groups excluding tert-OH is 4. The van der Waals surface area contributed by atoms with Crippen molar-refractivity contribution in [1.29, 1.82) is 0 Å². The second-order valence-corrected chi connectivity index (χ2v) is 4.49. The van der Waals surface area contributed by atoms with Crippen molar-refractivity contribution in [3.05, 3.63) is 28.7 Å². The zero-order chi connectivity index (χ0) is 13.5. The fraction of sp³-hybridized carbons (Fsp3) is 0.364. The maximum atomic E-state index is 9.55. The molecule has 0 unspecified atom stereocenters. The van der Waals surface area contributed by atoms with E-state index < -0.39 is 25.4 Å². The maximum Gasteiger partial charge on any atom is 0.124 e. The molecule has 0 saturated carbocycles. The van der Waals surface area contributed by atoms with Crippen molar-refractivity contribution < 1.29 is 20.4 Å². The minimum atomic E-state index is -1.41. The molecule has 0 aliphatic heterocycles. The molecule has 2 atom stereocenters. The molecule has 6 nitrogen and oxygen atoms in total. The van der Waals surface area contributed by atoms with E-state index in [1.54, 1.807) is 24.3 Å². The summed E-state index contributed by atoms with van der Waals surface area (Å²) in [6.07, 6.45) is -2.79. The summed E-state index contributed by atoms with van der Waals surface area (Å²) in [4.78, 5) is 0. The lowest BCUT2D eigenvalue weighted by Crippen LogP contribution is -2.38. The standard InChI is InChI=1S/C11H15BrN2O4/c12-7-1-3-8(4-2-7)13-14-9(5-15)11(18)10(17)6-16/h1-4,10-11,13,15-18H,5-6H2/t10-,11-/m1/s1. The number of rotatable bonds is 6. The lowest BCUT2D eigenvalue weighted by molar-refractivity contribution is 0.0163. The van der Waals surface area contributed by atoms with Gasteiger partial charge in [-0.05, 0) is 24.3 Å². The SMILES string of the molecule is OCC(=NNc1ccc(Br)cc1)[C@@H](O)[C@H](O)CO. The molecule has 1 aromatic carbocycles. The van der Waals surface area contributed by atoms with Gasteiger partial charge in [-0.1, -0.05) is 15.9 Å². The molecule has 0 radical (unpaired) electrons. The highest BCUT2D eigenvalue weighted by Gasteiger charge is 2.20. The summed E-state index contributed by atoms with van der Waals surface area (Å²) >= 11 is 3.29. The van der Waals surface area contributed by atoms with Gasteiger partial charge in [0.1, 0.15) is 12.2 Å². The van der Waals surface area contributed by atoms with Crippen molar-refractivity contribution in [2.24, 2.45) is 5.10 Å². The van der Waals surface area contributed by atoms with Crippen molar-refractivity contribution in [2.45, 2.75) is 12.2 Å². The van der Waals surface area contributed by atoms with Gasteiger partial charge in [0.2, 0.25) is 0 Å². The lowest BCUT2D eigenvalue weighted by atomic mass is 10.1. The van der Waals surface area contributed by atoms with E-state index in [4.69, 9.17) is 10.2 Å². The number of nitrogens with zero attached hydrogens (tertiary/aromatic N) is 1. The van der Waals surface area contributed by atoms with Gasteiger partial charge in [0.25, 0.3) is 0 Å². The third-order valence-corrected chi connectivity index (χ3v) is 2.76. The van der Waals surface area contributed by atoms with Crippen LogP contribution in [0.25, 0.3) is 0 Å². The van der Waals surface area contributed by atoms with Crippen molar-refractivity contribution in [2.75, 3.05) is 18.6 Å². The number of hydrogen-bond donors (Lipinski definition) is 5. The molecule has 100 valence electrons. The molecular formula is C11H15BrN2O4. The smallest absolute Gasteiger partial charge is 0.124 e. The molecule has 0 spiro atoms. The van der Waals surface area contributed by atoms with Crippen LogP contribution in [0.3, 0.4) is 0 Å². The van der Waals surface area contributed by atoms with Crippen LogP contribution in [-0.2, 0) is 0 Å². The van der Waals surface area contributed by atoms with E-state index in [0.717, 1.165) is 4.47 Å². The number of hydrazone groups is 1. The Balaban J connectivity index is 2.70. The van der Waals surface area contributed by atoms with Crippen molar-refractivity contribution in [3.8, 4) is 0 Å². The minimum absolute atomic E-state index is 0.0560. The summed E-state index contributed by atoms with van der Waals surface area (Å²) in [5.74, 6) is 0. The van der Waals surface area contributed by atoms with Crippen LogP contribution in [0.1, 0.15) is 0 Å². The van der Waals surface area contributed by atoms with Gasteiger partial charge in [0, 0.05) is 4.47 Å². The fourth-order valence-electron chi connectivity index (χ4n) is 1.18. The van der Waals surface area contributed by atoms with Gasteiger partial charge in [-0.3, -0.25) is 5.43 Å². The van der Waals surface area contributed by atoms with Crippen LogP contribution in [0.2, 0.25) is 0 Å². The van der Waals surface area contributed by atoms with Gasteiger partial charge in [-0.2, -0.15) is 5.10 Å². The predicted octanol–water partition coefficient (Wildman–Crippen LogP) is -0.0766. The summed E-state index contributed by atoms with van der Waals surface area (Å²) in [5, 5.41) is 40.3. The molecule has 0 saturated heterocycles. The normalized spacial score (nSPS) is 15.3. The number of anilines is 1. The Bertz CT molecular complexity index is 397. The Morgan fingerprint density at radius 3 is 2.33 bits per heavy atom. The van der Waals surface area contributed by atoms with Gasteiger partial charge in [-0.25, -0.2) is 0 Å². The van der Waals surface area contributed by atoms with E-state index in [1.165, 1.54) is 0 Å². The van der Waals surface area contributed by atoms with E-state index in [2.05, 4.69) is 26.5 Å². The Hall–Kier alpha value is -0.990. The van der Waals surface area contributed by atoms with E-state index in [0.29, 0.717) is 5.69 Å². The fourth-order valence-corrected chi connectivity index (χ4v) is 1.44. The van der Waals surface area contributed by atoms with Crippen molar-refractivity contribution >= 4 is 27.3 Å². The zero-order valence-corrected chi connectivity index (χ0v) is 11.1. The van der Waals surface area contributed by atoms with Crippen LogP contribution < -0.4 is 5.43 Å². The Kier molecular flexibility index (Phi) is 6.23. The summed E-state index contributed by atoms with van der Waals surface area (Å²) in [7, 11) is 0. The summed E-state index contributed by atoms with van der Waals surface area (Å²) < 4.78 is 0.912. The average molecular weight is 319 g/mol. The minimum Gasteiger partial charge on any atom is -0.394 e. The Labute approximate surface area is 113 Å². The van der Waals surface area contributed by atoms with Gasteiger partial charge < -0.3 is 20.4 Å². The van der Waals surface area contributed by atoms with E-state index >= 15 is 0 Å². The number of hydrogen-bond acceptors (Lipinski definition) is 6. The lowest BCUT2D eigenvalue weighted by Gasteiger charge is -2.16. The quantitative estimate of drug-likeness (QED) is 0.373. The van der Waals surface area contributed by atoms with Crippen LogP contribution in [0.5, 0.6) is 0 Å². The molecule has 0 aliphatic carbocycles. The summed E-state index contributed by atoms with van der Waals surface area (Å²) in [6, 6.07) is 7.10. The van der Waals surface area contributed by atoms with Gasteiger partial charge in [-0.15, -0.1) is 0 Å². The first kappa shape index (κ1) is 15.1. The summed E-state index contributed by atoms with van der Waals surface area (Å²) in [6.45, 7) is -1.14. The molecule has 0 aromatic heterocycles. The highest BCUT2D eigenvalue weighted by molar-refractivity contribution is 9.10. The van der Waals surface area contributed by atoms with Gasteiger partial charge in [0.15, 0.2) is 0 Å². The topological polar surface area (TPSA) is 105 Å². The first-order chi connectivity index (χ1) is 8.58. The number of nitrogens with one attached hydrogen (secondary N) is 1. The predicted molar refractivity (Wildman–Crippen MR) is 71.4 cm³/mol. The molecule has 1 rings (SSSR count). The molecule has 5 N–H and O–H groups in total. The highest BCUT2D eigenvalue weighted by atomic mass is 79.9. The van der Waals surface area contributed by atoms with E-state index in [1.807, 2.05) is 0 Å². The molecule has 0 heterocycles. The van der Waals surface area contributed by atoms with Crippen LogP contribution in [0, 0.1) is 0 Å². The van der Waals surface area contributed by atoms with Crippen molar-refractivity contribution in [3.63, 3.8) is 0 Å². The monoisotopic (exact) mass is 318 g/mol. The number of benzene rings is 1. The van der Waals surface area contributed by atoms with Crippen LogP contribution >= 0.6 is 15.9 Å². The maximum absolute atomic E-state index is 9.55. The molecule has 0 bridgehead atoms. The number of aliphatic hydroxyl groups is 4. The summed E-state index contributed by atoms with van der Waals surface area (Å²) in [5.41, 5.74) is 3.24. The Morgan fingerprint density at radius 1 is 1.22 bits per heavy atom. The number of halogens is 1. The van der Waals surface area contributed by atoms with Crippen LogP contribution in [-0.4, -0.2) is 51.6 Å². The molecule has 1 aromatic rings. The molecule has 0 fully saturated rings. The van der Waals surface area contributed by atoms with Crippen molar-refractivity contribution in [1.82, 2.24) is 0 Å². The molecule has 0 aliphatic rings. The average Bonchev–Trinajstić information content (AvgIpc) is 2.40. The van der Waals surface area contributed by atoms with Gasteiger partial charge >= 0.3 is 0 Å². The zero-order valence-electron chi connectivity index (χ0n) is 9.49. The van der Waals surface area contributed by atoms with Gasteiger partial charge in [0.05, 0.1) is 24.6 Å². The largest absolute Gasteiger partial charge is 0.394 e. The van der Waals surface area contributed by atoms with E-state index in [9.17, 15) is 10.2 Å². The highest BCUT2D eigenvalue weighted by Crippen LogP contribution is 2.14. The Morgan fingerprint density at radius 2 is 1.83 bits per heavy atom. The van der Waals surface area contributed by atoms with Crippen LogP contribution in [0.4, 0.5) is 5.69 Å². The van der Waals surface area contributed by atoms with E-state index in [-0.39, 0.29) is 5.71 Å². The van der Waals surface area contributed by atoms with Crippen LogP contribution in [0.15, 0.2) is 33.8 Å². The second-order valence-electron chi connectivity index (χ2n) is 3.57.